The van der Waals surface area contributed by atoms with Crippen molar-refractivity contribution < 1.29 is 19.1 Å². The van der Waals surface area contributed by atoms with E-state index in [4.69, 9.17) is 14.7 Å². The molecule has 0 radical (unpaired) electrons. The maximum atomic E-state index is 12.1. The molecule has 2 rings (SSSR count). The van der Waals surface area contributed by atoms with Gasteiger partial charge in [0.25, 0.3) is 5.91 Å². The minimum atomic E-state index is -0.990. The molecule has 0 heterocycles. The Morgan fingerprint density at radius 3 is 2.50 bits per heavy atom. The Hall–Kier alpha value is -3.33. The number of carbonyl (C=O) groups is 2. The van der Waals surface area contributed by atoms with Gasteiger partial charge in [-0.05, 0) is 62.2 Å². The van der Waals surface area contributed by atoms with Crippen LogP contribution >= 0.6 is 0 Å². The fourth-order valence-electron chi connectivity index (χ4n) is 2.35. The Balaban J connectivity index is 1.85. The van der Waals surface area contributed by atoms with Crippen molar-refractivity contribution >= 4 is 17.6 Å². The topological polar surface area (TPSA) is 88.4 Å². The molecule has 0 aliphatic heterocycles. The molecule has 6 heteroatoms. The van der Waals surface area contributed by atoms with E-state index in [0.717, 1.165) is 11.1 Å². The average Bonchev–Trinajstić information content (AvgIpc) is 2.59. The lowest BCUT2D eigenvalue weighted by Gasteiger charge is -2.14. The van der Waals surface area contributed by atoms with Crippen LogP contribution in [0.4, 0.5) is 5.69 Å². The normalized spacial score (nSPS) is 11.2. The van der Waals surface area contributed by atoms with E-state index >= 15 is 0 Å². The zero-order valence-corrected chi connectivity index (χ0v) is 14.9. The lowest BCUT2D eigenvalue weighted by atomic mass is 10.1. The van der Waals surface area contributed by atoms with Gasteiger partial charge in [0, 0.05) is 5.69 Å². The van der Waals surface area contributed by atoms with Crippen LogP contribution in [-0.2, 0) is 14.3 Å². The van der Waals surface area contributed by atoms with Crippen molar-refractivity contribution in [3.8, 4) is 11.8 Å². The Morgan fingerprint density at radius 1 is 1.15 bits per heavy atom. The van der Waals surface area contributed by atoms with Crippen molar-refractivity contribution in [2.24, 2.45) is 0 Å². The summed E-state index contributed by atoms with van der Waals surface area (Å²) < 4.78 is 10.5. The van der Waals surface area contributed by atoms with E-state index < -0.39 is 18.0 Å². The van der Waals surface area contributed by atoms with Gasteiger partial charge in [0.2, 0.25) is 0 Å². The van der Waals surface area contributed by atoms with Gasteiger partial charge in [-0.3, -0.25) is 4.79 Å². The SMILES string of the molecule is Cc1cc(C)cc(OCC(=O)OC(C)C(=O)Nc2cccc(C#N)c2)c1. The lowest BCUT2D eigenvalue weighted by Crippen LogP contribution is -2.31. The Labute approximate surface area is 152 Å². The van der Waals surface area contributed by atoms with Crippen LogP contribution in [0.3, 0.4) is 0 Å². The Kier molecular flexibility index (Phi) is 6.34. The number of esters is 1. The number of aryl methyl sites for hydroxylation is 2. The summed E-state index contributed by atoms with van der Waals surface area (Å²) in [5.41, 5.74) is 2.94. The molecule has 6 nitrogen and oxygen atoms in total. The molecule has 0 aliphatic carbocycles. The molecule has 1 unspecified atom stereocenters. The van der Waals surface area contributed by atoms with Gasteiger partial charge in [-0.25, -0.2) is 4.79 Å². The zero-order chi connectivity index (χ0) is 19.1. The summed E-state index contributed by atoms with van der Waals surface area (Å²) in [7, 11) is 0. The van der Waals surface area contributed by atoms with Gasteiger partial charge in [0.1, 0.15) is 5.75 Å². The molecule has 2 aromatic rings. The lowest BCUT2D eigenvalue weighted by molar-refractivity contribution is -0.155. The smallest absolute Gasteiger partial charge is 0.344 e. The molecule has 134 valence electrons. The number of benzene rings is 2. The summed E-state index contributed by atoms with van der Waals surface area (Å²) in [5.74, 6) is -0.553. The van der Waals surface area contributed by atoms with Crippen molar-refractivity contribution in [1.82, 2.24) is 0 Å². The zero-order valence-electron chi connectivity index (χ0n) is 14.9. The second-order valence-corrected chi connectivity index (χ2v) is 5.93. The van der Waals surface area contributed by atoms with E-state index in [-0.39, 0.29) is 6.61 Å². The molecule has 0 bridgehead atoms. The Bertz CT molecular complexity index is 835. The number of nitriles is 1. The van der Waals surface area contributed by atoms with E-state index in [1.165, 1.54) is 13.0 Å². The average molecular weight is 352 g/mol. The van der Waals surface area contributed by atoms with Crippen LogP contribution in [0.15, 0.2) is 42.5 Å². The van der Waals surface area contributed by atoms with Crippen LogP contribution in [0.2, 0.25) is 0 Å². The van der Waals surface area contributed by atoms with Crippen LogP contribution in [0, 0.1) is 25.2 Å². The van der Waals surface area contributed by atoms with Crippen molar-refractivity contribution in [3.63, 3.8) is 0 Å². The number of nitrogens with one attached hydrogen (secondary N) is 1. The highest BCUT2D eigenvalue weighted by atomic mass is 16.6. The van der Waals surface area contributed by atoms with Gasteiger partial charge < -0.3 is 14.8 Å². The third-order valence-corrected chi connectivity index (χ3v) is 3.49. The molecule has 2 aromatic carbocycles. The molecule has 0 spiro atoms. The Morgan fingerprint density at radius 2 is 1.85 bits per heavy atom. The summed E-state index contributed by atoms with van der Waals surface area (Å²) >= 11 is 0. The third kappa shape index (κ3) is 5.64. The highest BCUT2D eigenvalue weighted by molar-refractivity contribution is 5.95. The van der Waals surface area contributed by atoms with Crippen LogP contribution in [0.1, 0.15) is 23.6 Å². The van der Waals surface area contributed by atoms with Gasteiger partial charge in [0.15, 0.2) is 12.7 Å². The molecule has 1 atom stereocenters. The molecule has 0 aliphatic rings. The number of nitrogens with zero attached hydrogens (tertiary/aromatic N) is 1. The standard InChI is InChI=1S/C20H20N2O4/c1-13-7-14(2)9-18(8-13)25-12-19(23)26-15(3)20(24)22-17-6-4-5-16(10-17)11-21/h4-10,15H,12H2,1-3H3,(H,22,24). The highest BCUT2D eigenvalue weighted by Gasteiger charge is 2.18. The van der Waals surface area contributed by atoms with Crippen LogP contribution < -0.4 is 10.1 Å². The first kappa shape index (κ1) is 19.0. The third-order valence-electron chi connectivity index (χ3n) is 3.49. The van der Waals surface area contributed by atoms with Crippen LogP contribution in [-0.4, -0.2) is 24.6 Å². The van der Waals surface area contributed by atoms with Crippen LogP contribution in [0.25, 0.3) is 0 Å². The quantitative estimate of drug-likeness (QED) is 0.807. The molecule has 1 amide bonds. The molecular weight excluding hydrogens is 332 g/mol. The number of carbonyl (C=O) groups excluding carboxylic acids is 2. The summed E-state index contributed by atoms with van der Waals surface area (Å²) in [6, 6.07) is 14.1. The molecule has 0 aromatic heterocycles. The van der Waals surface area contributed by atoms with E-state index in [9.17, 15) is 9.59 Å². The predicted octanol–water partition coefficient (Wildman–Crippen LogP) is 3.12. The van der Waals surface area contributed by atoms with Crippen molar-refractivity contribution in [1.29, 1.82) is 5.26 Å². The fourth-order valence-corrected chi connectivity index (χ4v) is 2.35. The van der Waals surface area contributed by atoms with E-state index in [1.54, 1.807) is 18.2 Å². The summed E-state index contributed by atoms with van der Waals surface area (Å²) in [6.45, 7) is 5.06. The van der Waals surface area contributed by atoms with E-state index in [0.29, 0.717) is 17.0 Å². The molecule has 0 saturated carbocycles. The first-order chi connectivity index (χ1) is 12.4. The predicted molar refractivity (Wildman–Crippen MR) is 96.8 cm³/mol. The van der Waals surface area contributed by atoms with Crippen molar-refractivity contribution in [3.05, 3.63) is 59.2 Å². The van der Waals surface area contributed by atoms with Crippen molar-refractivity contribution in [2.45, 2.75) is 26.9 Å². The number of anilines is 1. The minimum Gasteiger partial charge on any atom is -0.482 e. The molecule has 1 N–H and O–H groups in total. The minimum absolute atomic E-state index is 0.287. The maximum absolute atomic E-state index is 12.1. The summed E-state index contributed by atoms with van der Waals surface area (Å²) in [4.78, 5) is 24.0. The summed E-state index contributed by atoms with van der Waals surface area (Å²) in [5, 5.41) is 11.5. The van der Waals surface area contributed by atoms with Gasteiger partial charge >= 0.3 is 5.97 Å². The van der Waals surface area contributed by atoms with E-state index in [1.807, 2.05) is 38.1 Å². The monoisotopic (exact) mass is 352 g/mol. The highest BCUT2D eigenvalue weighted by Crippen LogP contribution is 2.16. The number of amides is 1. The fraction of sp³-hybridized carbons (Fsp3) is 0.250. The molecular formula is C20H20N2O4. The molecule has 26 heavy (non-hydrogen) atoms. The molecule has 0 fully saturated rings. The number of ether oxygens (including phenoxy) is 2. The van der Waals surface area contributed by atoms with Crippen molar-refractivity contribution in [2.75, 3.05) is 11.9 Å². The van der Waals surface area contributed by atoms with Gasteiger partial charge in [-0.2, -0.15) is 5.26 Å². The largest absolute Gasteiger partial charge is 0.482 e. The first-order valence-corrected chi connectivity index (χ1v) is 8.09. The van der Waals surface area contributed by atoms with Gasteiger partial charge in [0.05, 0.1) is 11.6 Å². The van der Waals surface area contributed by atoms with Gasteiger partial charge in [-0.15, -0.1) is 0 Å². The van der Waals surface area contributed by atoms with Crippen LogP contribution in [0.5, 0.6) is 5.75 Å². The second kappa shape index (κ2) is 8.67. The van der Waals surface area contributed by atoms with Gasteiger partial charge in [-0.1, -0.05) is 12.1 Å². The van der Waals surface area contributed by atoms with E-state index in [2.05, 4.69) is 5.32 Å². The number of rotatable bonds is 6. The second-order valence-electron chi connectivity index (χ2n) is 5.93. The summed E-state index contributed by atoms with van der Waals surface area (Å²) in [6.07, 6.45) is -0.990. The first-order valence-electron chi connectivity index (χ1n) is 8.09. The maximum Gasteiger partial charge on any atom is 0.344 e. The molecule has 0 saturated heterocycles. The number of hydrogen-bond donors (Lipinski definition) is 1. The number of hydrogen-bond acceptors (Lipinski definition) is 5.